The molecule has 2 aromatic rings. The minimum atomic E-state index is -0.162. The second kappa shape index (κ2) is 8.27. The maximum atomic E-state index is 13.1. The molecule has 5 nitrogen and oxygen atoms in total. The van der Waals surface area contributed by atoms with E-state index in [-0.39, 0.29) is 29.8 Å². The van der Waals surface area contributed by atoms with Crippen LogP contribution in [0.5, 0.6) is 0 Å². The Morgan fingerprint density at radius 3 is 2.50 bits per heavy atom. The second-order valence-corrected chi connectivity index (χ2v) is 9.33. The lowest BCUT2D eigenvalue weighted by Crippen LogP contribution is -2.40. The molecule has 148 valence electrons. The number of likely N-dealkylation sites (N-methyl/N-ethyl adjacent to an activating group) is 1. The summed E-state index contributed by atoms with van der Waals surface area (Å²) >= 11 is 1.62. The van der Waals surface area contributed by atoms with Gasteiger partial charge in [-0.3, -0.25) is 9.59 Å². The Kier molecular flexibility index (Phi) is 5.98. The van der Waals surface area contributed by atoms with Gasteiger partial charge < -0.3 is 4.90 Å². The lowest BCUT2D eigenvalue weighted by Gasteiger charge is -2.26. The van der Waals surface area contributed by atoms with E-state index >= 15 is 0 Å². The molecule has 0 fully saturated rings. The van der Waals surface area contributed by atoms with E-state index in [1.165, 1.54) is 4.90 Å². The summed E-state index contributed by atoms with van der Waals surface area (Å²) in [5.41, 5.74) is 1.86. The third kappa shape index (κ3) is 4.87. The molecule has 0 saturated carbocycles. The van der Waals surface area contributed by atoms with Gasteiger partial charge in [-0.05, 0) is 22.4 Å². The Hall–Kier alpha value is -2.47. The molecule has 0 N–H and O–H groups in total. The van der Waals surface area contributed by atoms with Crippen LogP contribution in [0, 0.1) is 5.41 Å². The smallest absolute Gasteiger partial charge is 0.262 e. The zero-order chi connectivity index (χ0) is 20.3. The number of hydrogen-bond donors (Lipinski definition) is 0. The Morgan fingerprint density at radius 2 is 1.89 bits per heavy atom. The van der Waals surface area contributed by atoms with Crippen LogP contribution in [0.4, 0.5) is 0 Å². The monoisotopic (exact) mass is 397 g/mol. The number of carbonyl (C=O) groups is 2. The third-order valence-corrected chi connectivity index (χ3v) is 5.55. The molecule has 0 saturated heterocycles. The molecule has 6 heteroatoms. The molecule has 2 heterocycles. The van der Waals surface area contributed by atoms with Gasteiger partial charge in [0.25, 0.3) is 5.91 Å². The number of amides is 2. The van der Waals surface area contributed by atoms with E-state index in [1.54, 1.807) is 23.4 Å². The van der Waals surface area contributed by atoms with E-state index in [2.05, 4.69) is 5.10 Å². The summed E-state index contributed by atoms with van der Waals surface area (Å²) in [6.07, 6.45) is 1.08. The molecule has 1 aliphatic rings. The van der Waals surface area contributed by atoms with Crippen molar-refractivity contribution in [1.29, 1.82) is 0 Å². The second-order valence-electron chi connectivity index (χ2n) is 8.38. The fourth-order valence-corrected chi connectivity index (χ4v) is 3.94. The van der Waals surface area contributed by atoms with Gasteiger partial charge in [-0.2, -0.15) is 5.10 Å². The van der Waals surface area contributed by atoms with Crippen molar-refractivity contribution in [3.63, 3.8) is 0 Å². The molecule has 1 aliphatic heterocycles. The van der Waals surface area contributed by atoms with Crippen LogP contribution in [-0.4, -0.2) is 41.0 Å². The lowest BCUT2D eigenvalue weighted by molar-refractivity contribution is -0.141. The van der Waals surface area contributed by atoms with Crippen LogP contribution in [0.25, 0.3) is 0 Å². The molecule has 0 bridgehead atoms. The molecule has 0 radical (unpaired) electrons. The number of nitrogens with zero attached hydrogens (tertiary/aromatic N) is 3. The van der Waals surface area contributed by atoms with Gasteiger partial charge in [0.2, 0.25) is 5.91 Å². The lowest BCUT2D eigenvalue weighted by atomic mass is 9.92. The van der Waals surface area contributed by atoms with Crippen LogP contribution in [0.1, 0.15) is 50.1 Å². The summed E-state index contributed by atoms with van der Waals surface area (Å²) in [6.45, 7) is 6.08. The SMILES string of the molecule is CN(CC(=O)N1N=C(c2cccs2)CC1c1ccccc1)C(=O)CC(C)(C)C. The van der Waals surface area contributed by atoms with Crippen molar-refractivity contribution in [2.24, 2.45) is 10.5 Å². The van der Waals surface area contributed by atoms with Gasteiger partial charge in [0.05, 0.1) is 16.6 Å². The Morgan fingerprint density at radius 1 is 1.18 bits per heavy atom. The average molecular weight is 398 g/mol. The highest BCUT2D eigenvalue weighted by Gasteiger charge is 2.34. The normalized spacial score (nSPS) is 16.8. The predicted octanol–water partition coefficient (Wildman–Crippen LogP) is 4.32. The van der Waals surface area contributed by atoms with Gasteiger partial charge in [0.1, 0.15) is 6.54 Å². The molecule has 0 spiro atoms. The number of thiophene rings is 1. The number of carbonyl (C=O) groups excluding carboxylic acids is 2. The van der Waals surface area contributed by atoms with Crippen molar-refractivity contribution in [3.05, 3.63) is 58.3 Å². The van der Waals surface area contributed by atoms with Crippen LogP contribution >= 0.6 is 11.3 Å². The van der Waals surface area contributed by atoms with Crippen LogP contribution in [0.15, 0.2) is 52.9 Å². The molecular formula is C22H27N3O2S. The maximum Gasteiger partial charge on any atom is 0.262 e. The molecule has 1 aromatic carbocycles. The fourth-order valence-electron chi connectivity index (χ4n) is 3.22. The number of benzene rings is 1. The quantitative estimate of drug-likeness (QED) is 0.754. The van der Waals surface area contributed by atoms with Crippen LogP contribution in [0.3, 0.4) is 0 Å². The minimum absolute atomic E-state index is 0.0272. The van der Waals surface area contributed by atoms with Gasteiger partial charge in [0, 0.05) is 19.9 Å². The van der Waals surface area contributed by atoms with E-state index < -0.39 is 0 Å². The first kappa shape index (κ1) is 20.3. The molecule has 1 atom stereocenters. The summed E-state index contributed by atoms with van der Waals surface area (Å²) in [5.74, 6) is -0.191. The molecule has 3 rings (SSSR count). The largest absolute Gasteiger partial charge is 0.336 e. The highest BCUT2D eigenvalue weighted by molar-refractivity contribution is 7.12. The van der Waals surface area contributed by atoms with Gasteiger partial charge >= 0.3 is 0 Å². The average Bonchev–Trinajstić information content (AvgIpc) is 3.30. The topological polar surface area (TPSA) is 53.0 Å². The fraction of sp³-hybridized carbons (Fsp3) is 0.409. The van der Waals surface area contributed by atoms with Crippen LogP contribution in [0.2, 0.25) is 0 Å². The van der Waals surface area contributed by atoms with Crippen molar-refractivity contribution < 1.29 is 9.59 Å². The van der Waals surface area contributed by atoms with Crippen molar-refractivity contribution in [2.45, 2.75) is 39.7 Å². The molecular weight excluding hydrogens is 370 g/mol. The van der Waals surface area contributed by atoms with E-state index in [4.69, 9.17) is 0 Å². The van der Waals surface area contributed by atoms with Gasteiger partial charge in [0.15, 0.2) is 0 Å². The number of hydrazone groups is 1. The van der Waals surface area contributed by atoms with Crippen LogP contribution < -0.4 is 0 Å². The first-order valence-electron chi connectivity index (χ1n) is 9.47. The maximum absolute atomic E-state index is 13.1. The molecule has 0 aliphatic carbocycles. The summed E-state index contributed by atoms with van der Waals surface area (Å²) < 4.78 is 0. The van der Waals surface area contributed by atoms with E-state index in [0.717, 1.165) is 16.2 Å². The molecule has 1 unspecified atom stereocenters. The third-order valence-electron chi connectivity index (χ3n) is 4.64. The molecule has 2 amide bonds. The predicted molar refractivity (Wildman–Crippen MR) is 113 cm³/mol. The zero-order valence-electron chi connectivity index (χ0n) is 16.9. The summed E-state index contributed by atoms with van der Waals surface area (Å²) in [7, 11) is 1.68. The van der Waals surface area contributed by atoms with E-state index in [0.29, 0.717) is 12.8 Å². The molecule has 1 aromatic heterocycles. The minimum Gasteiger partial charge on any atom is -0.336 e. The Balaban J connectivity index is 1.79. The van der Waals surface area contributed by atoms with Gasteiger partial charge in [-0.1, -0.05) is 57.2 Å². The van der Waals surface area contributed by atoms with Gasteiger partial charge in [-0.25, -0.2) is 5.01 Å². The van der Waals surface area contributed by atoms with Crippen molar-refractivity contribution in [2.75, 3.05) is 13.6 Å². The van der Waals surface area contributed by atoms with E-state index in [9.17, 15) is 9.59 Å². The summed E-state index contributed by atoms with van der Waals surface area (Å²) in [5, 5.41) is 8.22. The van der Waals surface area contributed by atoms with Crippen molar-refractivity contribution in [3.8, 4) is 0 Å². The van der Waals surface area contributed by atoms with Crippen molar-refractivity contribution >= 4 is 28.9 Å². The first-order chi connectivity index (χ1) is 13.2. The van der Waals surface area contributed by atoms with Crippen LogP contribution in [-0.2, 0) is 9.59 Å². The van der Waals surface area contributed by atoms with Crippen molar-refractivity contribution in [1.82, 2.24) is 9.91 Å². The molecule has 28 heavy (non-hydrogen) atoms. The highest BCUT2D eigenvalue weighted by atomic mass is 32.1. The van der Waals surface area contributed by atoms with E-state index in [1.807, 2.05) is 68.6 Å². The number of hydrogen-bond acceptors (Lipinski definition) is 4. The Labute approximate surface area is 170 Å². The Bertz CT molecular complexity index is 854. The highest BCUT2D eigenvalue weighted by Crippen LogP contribution is 2.33. The summed E-state index contributed by atoms with van der Waals surface area (Å²) in [4.78, 5) is 28.1. The first-order valence-corrected chi connectivity index (χ1v) is 10.3. The zero-order valence-corrected chi connectivity index (χ0v) is 17.7. The summed E-state index contributed by atoms with van der Waals surface area (Å²) in [6, 6.07) is 13.8. The standard InChI is InChI=1S/C22H27N3O2S/c1-22(2,3)14-20(26)24(4)15-21(27)25-18(16-9-6-5-7-10-16)13-17(23-25)19-11-8-12-28-19/h5-12,18H,13-15H2,1-4H3. The number of rotatable bonds is 5. The van der Waals surface area contributed by atoms with Gasteiger partial charge in [-0.15, -0.1) is 11.3 Å².